The van der Waals surface area contributed by atoms with Crippen LogP contribution in [-0.4, -0.2) is 15.1 Å². The Morgan fingerprint density at radius 2 is 2.17 bits per heavy atom. The van der Waals surface area contributed by atoms with E-state index < -0.39 is 0 Å². The third kappa shape index (κ3) is 3.04. The van der Waals surface area contributed by atoms with E-state index in [9.17, 15) is 0 Å². The minimum absolute atomic E-state index is 0.362. The fourth-order valence-corrected chi connectivity index (χ4v) is 1.70. The second kappa shape index (κ2) is 5.14. The van der Waals surface area contributed by atoms with Gasteiger partial charge < -0.3 is 15.6 Å². The summed E-state index contributed by atoms with van der Waals surface area (Å²) in [6.45, 7) is 4.30. The molecule has 0 spiro atoms. The molecule has 5 nitrogen and oxygen atoms in total. The zero-order valence-corrected chi connectivity index (χ0v) is 11.0. The molecule has 0 aliphatic rings. The Bertz CT molecular complexity index is 579. The molecular formula is C12H14N4OS. The lowest BCUT2D eigenvalue weighted by molar-refractivity contribution is 0.391. The van der Waals surface area contributed by atoms with Crippen LogP contribution in [0.5, 0.6) is 0 Å². The van der Waals surface area contributed by atoms with Crippen LogP contribution >= 0.6 is 12.2 Å². The molecule has 3 N–H and O–H groups in total. The van der Waals surface area contributed by atoms with Crippen LogP contribution < -0.4 is 11.1 Å². The van der Waals surface area contributed by atoms with E-state index in [1.807, 2.05) is 32.0 Å². The maximum atomic E-state index is 5.61. The van der Waals surface area contributed by atoms with Crippen molar-refractivity contribution in [1.29, 1.82) is 0 Å². The monoisotopic (exact) mass is 262 g/mol. The van der Waals surface area contributed by atoms with E-state index in [2.05, 4.69) is 15.5 Å². The van der Waals surface area contributed by atoms with Crippen LogP contribution in [0.15, 0.2) is 22.7 Å². The first-order valence-electron chi connectivity index (χ1n) is 5.49. The van der Waals surface area contributed by atoms with Gasteiger partial charge in [0.1, 0.15) is 22.3 Å². The summed E-state index contributed by atoms with van der Waals surface area (Å²) in [5.74, 6) is 1.51. The summed E-state index contributed by atoms with van der Waals surface area (Å²) < 4.78 is 4.99. The molecular weight excluding hydrogens is 248 g/mol. The van der Waals surface area contributed by atoms with E-state index in [1.165, 1.54) is 0 Å². The first-order valence-corrected chi connectivity index (χ1v) is 5.90. The first-order chi connectivity index (χ1) is 8.54. The summed E-state index contributed by atoms with van der Waals surface area (Å²) in [6.07, 6.45) is 0. The molecule has 2 heterocycles. The Morgan fingerprint density at radius 3 is 2.78 bits per heavy atom. The minimum Gasteiger partial charge on any atom is -0.389 e. The van der Waals surface area contributed by atoms with Crippen molar-refractivity contribution in [3.63, 3.8) is 0 Å². The van der Waals surface area contributed by atoms with Crippen molar-refractivity contribution in [1.82, 2.24) is 10.1 Å². The topological polar surface area (TPSA) is 77.0 Å². The molecule has 0 saturated carbocycles. The smallest absolute Gasteiger partial charge is 0.133 e. The van der Waals surface area contributed by atoms with Gasteiger partial charge in [-0.2, -0.15) is 0 Å². The Kier molecular flexibility index (Phi) is 3.57. The number of nitrogens with two attached hydrogens (primary N) is 1. The molecule has 0 fully saturated rings. The van der Waals surface area contributed by atoms with Gasteiger partial charge in [-0.05, 0) is 26.0 Å². The molecule has 0 saturated heterocycles. The molecule has 0 aromatic carbocycles. The molecule has 0 atom stereocenters. The Hall–Kier alpha value is -1.95. The normalized spacial score (nSPS) is 10.3. The van der Waals surface area contributed by atoms with Gasteiger partial charge in [-0.3, -0.25) is 0 Å². The van der Waals surface area contributed by atoms with Gasteiger partial charge in [-0.25, -0.2) is 4.98 Å². The van der Waals surface area contributed by atoms with Crippen LogP contribution in [-0.2, 0) is 6.54 Å². The number of nitrogens with one attached hydrogen (secondary N) is 1. The molecule has 94 valence electrons. The SMILES string of the molecule is Cc1cc(C(N)=S)cc(NCc2cc(C)on2)n1. The second-order valence-electron chi connectivity index (χ2n) is 4.03. The molecule has 0 aliphatic heterocycles. The number of rotatable bonds is 4. The van der Waals surface area contributed by atoms with Crippen molar-refractivity contribution in [2.24, 2.45) is 5.73 Å². The van der Waals surface area contributed by atoms with Crippen LogP contribution in [0.4, 0.5) is 5.82 Å². The maximum Gasteiger partial charge on any atom is 0.133 e. The quantitative estimate of drug-likeness (QED) is 0.820. The molecule has 0 aliphatic carbocycles. The number of hydrogen-bond donors (Lipinski definition) is 2. The fraction of sp³-hybridized carbons (Fsp3) is 0.250. The average molecular weight is 262 g/mol. The third-order valence-electron chi connectivity index (χ3n) is 2.37. The van der Waals surface area contributed by atoms with Crippen LogP contribution in [0.2, 0.25) is 0 Å². The van der Waals surface area contributed by atoms with E-state index >= 15 is 0 Å². The molecule has 18 heavy (non-hydrogen) atoms. The standard InChI is InChI=1S/C12H14N4OS/c1-7-3-9(12(13)18)5-11(15-7)14-6-10-4-8(2)17-16-10/h3-5H,6H2,1-2H3,(H2,13,18)(H,14,15). The lowest BCUT2D eigenvalue weighted by Gasteiger charge is -2.07. The van der Waals surface area contributed by atoms with Crippen LogP contribution in [0, 0.1) is 13.8 Å². The van der Waals surface area contributed by atoms with Gasteiger partial charge in [0.05, 0.1) is 6.54 Å². The zero-order valence-electron chi connectivity index (χ0n) is 10.2. The van der Waals surface area contributed by atoms with Crippen LogP contribution in [0.3, 0.4) is 0 Å². The van der Waals surface area contributed by atoms with E-state index in [4.69, 9.17) is 22.5 Å². The van der Waals surface area contributed by atoms with E-state index in [0.29, 0.717) is 11.5 Å². The predicted molar refractivity (Wildman–Crippen MR) is 73.4 cm³/mol. The maximum absolute atomic E-state index is 5.61. The van der Waals surface area contributed by atoms with E-state index in [0.717, 1.165) is 28.5 Å². The molecule has 2 rings (SSSR count). The molecule has 6 heteroatoms. The Morgan fingerprint density at radius 1 is 1.39 bits per heavy atom. The van der Waals surface area contributed by atoms with Crippen molar-refractivity contribution in [3.8, 4) is 0 Å². The Balaban J connectivity index is 2.11. The van der Waals surface area contributed by atoms with Crippen LogP contribution in [0.25, 0.3) is 0 Å². The van der Waals surface area contributed by atoms with Gasteiger partial charge in [0.2, 0.25) is 0 Å². The van der Waals surface area contributed by atoms with E-state index in [-0.39, 0.29) is 0 Å². The van der Waals surface area contributed by atoms with Gasteiger partial charge in [0.15, 0.2) is 0 Å². The largest absolute Gasteiger partial charge is 0.389 e. The van der Waals surface area contributed by atoms with Crippen LogP contribution in [0.1, 0.15) is 22.7 Å². The van der Waals surface area contributed by atoms with E-state index in [1.54, 1.807) is 0 Å². The molecule has 0 bridgehead atoms. The average Bonchev–Trinajstić information content (AvgIpc) is 2.72. The highest BCUT2D eigenvalue weighted by molar-refractivity contribution is 7.80. The summed E-state index contributed by atoms with van der Waals surface area (Å²) >= 11 is 4.96. The number of anilines is 1. The van der Waals surface area contributed by atoms with Crippen molar-refractivity contribution in [2.75, 3.05) is 5.32 Å². The summed E-state index contributed by atoms with van der Waals surface area (Å²) in [5, 5.41) is 7.06. The predicted octanol–water partition coefficient (Wildman–Crippen LogP) is 1.93. The first kappa shape index (κ1) is 12.5. The van der Waals surface area contributed by atoms with Crippen molar-refractivity contribution < 1.29 is 4.52 Å². The summed E-state index contributed by atoms with van der Waals surface area (Å²) in [5.41, 5.74) is 8.10. The highest BCUT2D eigenvalue weighted by atomic mass is 32.1. The molecule has 0 unspecified atom stereocenters. The van der Waals surface area contributed by atoms with Gasteiger partial charge in [0, 0.05) is 17.3 Å². The van der Waals surface area contributed by atoms with Crippen molar-refractivity contribution >= 4 is 23.0 Å². The van der Waals surface area contributed by atoms with Crippen molar-refractivity contribution in [2.45, 2.75) is 20.4 Å². The molecule has 0 radical (unpaired) electrons. The summed E-state index contributed by atoms with van der Waals surface area (Å²) in [7, 11) is 0. The number of hydrogen-bond acceptors (Lipinski definition) is 5. The molecule has 0 amide bonds. The highest BCUT2D eigenvalue weighted by Gasteiger charge is 2.04. The van der Waals surface area contributed by atoms with Gasteiger partial charge in [0.25, 0.3) is 0 Å². The Labute approximate surface area is 110 Å². The summed E-state index contributed by atoms with van der Waals surface area (Å²) in [6, 6.07) is 5.55. The highest BCUT2D eigenvalue weighted by Crippen LogP contribution is 2.11. The number of aryl methyl sites for hydroxylation is 2. The third-order valence-corrected chi connectivity index (χ3v) is 2.60. The van der Waals surface area contributed by atoms with Gasteiger partial charge in [-0.1, -0.05) is 17.4 Å². The number of aromatic nitrogens is 2. The summed E-state index contributed by atoms with van der Waals surface area (Å²) in [4.78, 5) is 4.72. The molecule has 2 aromatic rings. The molecule has 2 aromatic heterocycles. The lowest BCUT2D eigenvalue weighted by Crippen LogP contribution is -2.11. The number of thiocarbonyl (C=S) groups is 1. The zero-order chi connectivity index (χ0) is 13.1. The van der Waals surface area contributed by atoms with Gasteiger partial charge >= 0.3 is 0 Å². The number of pyridine rings is 1. The second-order valence-corrected chi connectivity index (χ2v) is 4.47. The number of nitrogens with zero attached hydrogens (tertiary/aromatic N) is 2. The van der Waals surface area contributed by atoms with Gasteiger partial charge in [-0.15, -0.1) is 0 Å². The van der Waals surface area contributed by atoms with Crippen molar-refractivity contribution in [3.05, 3.63) is 40.9 Å². The minimum atomic E-state index is 0.362. The lowest BCUT2D eigenvalue weighted by atomic mass is 10.2. The fourth-order valence-electron chi connectivity index (χ4n) is 1.58.